The minimum absolute atomic E-state index is 0.736. The molecule has 1 N–H and O–H groups in total. The smallest absolute Gasteiger partial charge is 0.207 e. The van der Waals surface area contributed by atoms with Crippen molar-refractivity contribution in [3.05, 3.63) is 58.3 Å². The van der Waals surface area contributed by atoms with Crippen LogP contribution in [0.2, 0.25) is 0 Å². The third kappa shape index (κ3) is 2.88. The Hall–Kier alpha value is -2.14. The van der Waals surface area contributed by atoms with Gasteiger partial charge in [-0.15, -0.1) is 11.3 Å². The van der Waals surface area contributed by atoms with Gasteiger partial charge in [0, 0.05) is 17.3 Å². The van der Waals surface area contributed by atoms with Crippen LogP contribution >= 0.6 is 11.3 Å². The summed E-state index contributed by atoms with van der Waals surface area (Å²) in [6, 6.07) is 10.1. The molecule has 0 unspecified atom stereocenters. The van der Waals surface area contributed by atoms with Crippen LogP contribution in [0.15, 0.2) is 41.9 Å². The number of para-hydroxylation sites is 1. The minimum atomic E-state index is 0.736. The second kappa shape index (κ2) is 5.46. The second-order valence-electron chi connectivity index (χ2n) is 4.68. The molecule has 0 aliphatic rings. The average molecular weight is 284 g/mol. The third-order valence-corrected chi connectivity index (χ3v) is 3.75. The van der Waals surface area contributed by atoms with Crippen molar-refractivity contribution in [2.24, 2.45) is 0 Å². The largest absolute Gasteiger partial charge is 0.326 e. The van der Waals surface area contributed by atoms with Crippen molar-refractivity contribution in [3.8, 4) is 0 Å². The number of benzene rings is 1. The van der Waals surface area contributed by atoms with E-state index in [-0.39, 0.29) is 0 Å². The first-order valence-corrected chi connectivity index (χ1v) is 7.35. The predicted octanol–water partition coefficient (Wildman–Crippen LogP) is 3.75. The molecule has 0 saturated carbocycles. The highest BCUT2D eigenvalue weighted by Gasteiger charge is 2.08. The number of aromatic nitrogens is 3. The maximum absolute atomic E-state index is 4.54. The minimum Gasteiger partial charge on any atom is -0.326 e. The summed E-state index contributed by atoms with van der Waals surface area (Å²) in [7, 11) is 0. The van der Waals surface area contributed by atoms with Crippen LogP contribution in [-0.2, 0) is 6.54 Å². The normalized spacial score (nSPS) is 10.7. The van der Waals surface area contributed by atoms with Gasteiger partial charge in [-0.2, -0.15) is 0 Å². The lowest BCUT2D eigenvalue weighted by molar-refractivity contribution is 0.785. The fourth-order valence-corrected chi connectivity index (χ4v) is 2.68. The molecular weight excluding hydrogens is 268 g/mol. The fraction of sp³-hybridized carbons (Fsp3) is 0.200. The molecule has 2 heterocycles. The molecule has 0 aliphatic heterocycles. The Morgan fingerprint density at radius 2 is 1.95 bits per heavy atom. The van der Waals surface area contributed by atoms with Crippen LogP contribution in [0.25, 0.3) is 0 Å². The Morgan fingerprint density at radius 1 is 1.15 bits per heavy atom. The highest BCUT2D eigenvalue weighted by molar-refractivity contribution is 7.09. The summed E-state index contributed by atoms with van der Waals surface area (Å²) in [6.07, 6.45) is 2.04. The Bertz CT molecular complexity index is 700. The van der Waals surface area contributed by atoms with Gasteiger partial charge in [-0.05, 0) is 26.0 Å². The fourth-order valence-electron chi connectivity index (χ4n) is 2.07. The maximum Gasteiger partial charge on any atom is 0.207 e. The van der Waals surface area contributed by atoms with Crippen LogP contribution in [0.5, 0.6) is 0 Å². The van der Waals surface area contributed by atoms with Crippen molar-refractivity contribution in [2.45, 2.75) is 20.4 Å². The lowest BCUT2D eigenvalue weighted by atomic mass is 10.3. The van der Waals surface area contributed by atoms with Gasteiger partial charge >= 0.3 is 0 Å². The molecule has 3 aromatic rings. The van der Waals surface area contributed by atoms with Crippen LogP contribution in [0, 0.1) is 13.8 Å². The Kier molecular flexibility index (Phi) is 3.52. The van der Waals surface area contributed by atoms with Crippen molar-refractivity contribution in [1.29, 1.82) is 0 Å². The van der Waals surface area contributed by atoms with E-state index in [1.807, 2.05) is 50.4 Å². The molecule has 0 atom stereocenters. The predicted molar refractivity (Wildman–Crippen MR) is 82.6 cm³/mol. The van der Waals surface area contributed by atoms with Gasteiger partial charge in [0.25, 0.3) is 0 Å². The van der Waals surface area contributed by atoms with Crippen LogP contribution in [0.1, 0.15) is 16.4 Å². The Balaban J connectivity index is 1.84. The van der Waals surface area contributed by atoms with Crippen molar-refractivity contribution >= 4 is 23.0 Å². The number of nitrogens with one attached hydrogen (secondary N) is 1. The summed E-state index contributed by atoms with van der Waals surface area (Å²) in [5.41, 5.74) is 3.10. The zero-order valence-electron chi connectivity index (χ0n) is 11.5. The number of rotatable bonds is 4. The molecule has 0 saturated heterocycles. The van der Waals surface area contributed by atoms with Crippen molar-refractivity contribution in [3.63, 3.8) is 0 Å². The summed E-state index contributed by atoms with van der Waals surface area (Å²) < 4.78 is 2.09. The van der Waals surface area contributed by atoms with Crippen molar-refractivity contribution < 1.29 is 0 Å². The molecule has 1 aromatic carbocycles. The Labute approximate surface area is 122 Å². The van der Waals surface area contributed by atoms with E-state index in [4.69, 9.17) is 0 Å². The van der Waals surface area contributed by atoms with E-state index in [9.17, 15) is 0 Å². The van der Waals surface area contributed by atoms with E-state index in [1.54, 1.807) is 11.3 Å². The lowest BCUT2D eigenvalue weighted by Gasteiger charge is -2.08. The van der Waals surface area contributed by atoms with Gasteiger partial charge in [0.15, 0.2) is 0 Å². The van der Waals surface area contributed by atoms with Crippen LogP contribution in [0.3, 0.4) is 0 Å². The molecule has 2 aromatic heterocycles. The molecule has 0 fully saturated rings. The van der Waals surface area contributed by atoms with Crippen molar-refractivity contribution in [2.75, 3.05) is 5.32 Å². The third-order valence-electron chi connectivity index (χ3n) is 2.93. The van der Waals surface area contributed by atoms with Gasteiger partial charge < -0.3 is 9.88 Å². The summed E-state index contributed by atoms with van der Waals surface area (Å²) in [6.45, 7) is 4.76. The van der Waals surface area contributed by atoms with Gasteiger partial charge in [0.2, 0.25) is 5.95 Å². The summed E-state index contributed by atoms with van der Waals surface area (Å²) in [5.74, 6) is 0.847. The van der Waals surface area contributed by atoms with Crippen LogP contribution < -0.4 is 5.32 Å². The molecule has 5 heteroatoms. The first kappa shape index (κ1) is 12.9. The first-order chi connectivity index (χ1) is 9.70. The zero-order valence-corrected chi connectivity index (χ0v) is 12.3. The molecule has 0 radical (unpaired) electrons. The quantitative estimate of drug-likeness (QED) is 0.793. The van der Waals surface area contributed by atoms with E-state index < -0.39 is 0 Å². The van der Waals surface area contributed by atoms with Gasteiger partial charge in [0.05, 0.1) is 22.9 Å². The van der Waals surface area contributed by atoms with E-state index in [1.165, 1.54) is 0 Å². The van der Waals surface area contributed by atoms with E-state index in [2.05, 4.69) is 25.2 Å². The number of thiazole rings is 1. The molecule has 0 bridgehead atoms. The van der Waals surface area contributed by atoms with Crippen LogP contribution in [-0.4, -0.2) is 14.5 Å². The highest BCUT2D eigenvalue weighted by atomic mass is 32.1. The van der Waals surface area contributed by atoms with Gasteiger partial charge in [-0.3, -0.25) is 0 Å². The molecule has 0 aliphatic carbocycles. The first-order valence-electron chi connectivity index (χ1n) is 6.47. The van der Waals surface area contributed by atoms with Gasteiger partial charge in [-0.25, -0.2) is 9.97 Å². The number of aryl methyl sites for hydroxylation is 2. The lowest BCUT2D eigenvalue weighted by Crippen LogP contribution is -2.04. The topological polar surface area (TPSA) is 42.7 Å². The maximum atomic E-state index is 4.54. The second-order valence-corrected chi connectivity index (χ2v) is 5.74. The van der Waals surface area contributed by atoms with Gasteiger partial charge in [-0.1, -0.05) is 18.2 Å². The molecule has 20 heavy (non-hydrogen) atoms. The van der Waals surface area contributed by atoms with Crippen LogP contribution in [0.4, 0.5) is 11.6 Å². The number of hydrogen-bond donors (Lipinski definition) is 1. The average Bonchev–Trinajstić information content (AvgIpc) is 2.98. The number of imidazole rings is 1. The number of anilines is 2. The standard InChI is InChI=1S/C15H16N4S/c1-11-8-19(9-14-10-20-12(2)17-14)15(16-11)18-13-6-4-3-5-7-13/h3-8,10H,9H2,1-2H3,(H,16,18). The zero-order chi connectivity index (χ0) is 13.9. The number of hydrogen-bond acceptors (Lipinski definition) is 4. The highest BCUT2D eigenvalue weighted by Crippen LogP contribution is 2.18. The molecule has 0 spiro atoms. The molecule has 102 valence electrons. The van der Waals surface area contributed by atoms with E-state index in [0.29, 0.717) is 0 Å². The SMILES string of the molecule is Cc1cn(Cc2csc(C)n2)c(Nc2ccccc2)n1. The molecule has 3 rings (SSSR count). The summed E-state index contributed by atoms with van der Waals surface area (Å²) in [5, 5.41) is 6.53. The van der Waals surface area contributed by atoms with E-state index in [0.717, 1.165) is 34.6 Å². The molecule has 0 amide bonds. The Morgan fingerprint density at radius 3 is 2.65 bits per heavy atom. The molecule has 4 nitrogen and oxygen atoms in total. The van der Waals surface area contributed by atoms with Crippen molar-refractivity contribution in [1.82, 2.24) is 14.5 Å². The van der Waals surface area contributed by atoms with E-state index >= 15 is 0 Å². The summed E-state index contributed by atoms with van der Waals surface area (Å²) in [4.78, 5) is 9.04. The molecular formula is C15H16N4S. The summed E-state index contributed by atoms with van der Waals surface area (Å²) >= 11 is 1.68. The number of nitrogens with zero attached hydrogens (tertiary/aromatic N) is 3. The van der Waals surface area contributed by atoms with Gasteiger partial charge in [0.1, 0.15) is 0 Å². The monoisotopic (exact) mass is 284 g/mol.